The number of nitro benzene ring substituents is 1. The third-order valence-corrected chi connectivity index (χ3v) is 5.54. The summed E-state index contributed by atoms with van der Waals surface area (Å²) < 4.78 is 11.3. The van der Waals surface area contributed by atoms with Gasteiger partial charge in [0.2, 0.25) is 0 Å². The van der Waals surface area contributed by atoms with E-state index in [2.05, 4.69) is 5.32 Å². The maximum Gasteiger partial charge on any atom is 0.280 e. The largest absolute Gasteiger partial charge is 0.497 e. The molecule has 2 heterocycles. The van der Waals surface area contributed by atoms with Crippen molar-refractivity contribution in [3.63, 3.8) is 0 Å². The number of carbonyl (C=O) groups is 1. The highest BCUT2D eigenvalue weighted by atomic mass is 16.6. The molecule has 0 saturated carbocycles. The number of hydrogen-bond donors (Lipinski definition) is 1. The van der Waals surface area contributed by atoms with Crippen molar-refractivity contribution in [2.75, 3.05) is 17.3 Å². The van der Waals surface area contributed by atoms with E-state index >= 15 is 0 Å². The van der Waals surface area contributed by atoms with Gasteiger partial charge in [0.1, 0.15) is 17.3 Å². The van der Waals surface area contributed by atoms with Crippen molar-refractivity contribution < 1.29 is 18.9 Å². The lowest BCUT2D eigenvalue weighted by atomic mass is 10.1. The fourth-order valence-electron chi connectivity index (χ4n) is 3.95. The van der Waals surface area contributed by atoms with E-state index in [0.29, 0.717) is 39.8 Å². The van der Waals surface area contributed by atoms with Crippen molar-refractivity contribution in [2.45, 2.75) is 6.17 Å². The minimum absolute atomic E-state index is 0.0524. The van der Waals surface area contributed by atoms with Gasteiger partial charge in [-0.15, -0.1) is 0 Å². The molecule has 0 unspecified atom stereocenters. The van der Waals surface area contributed by atoms with Crippen LogP contribution in [0.2, 0.25) is 0 Å². The van der Waals surface area contributed by atoms with Gasteiger partial charge in [-0.2, -0.15) is 0 Å². The molecule has 1 atom stereocenters. The number of rotatable bonds is 5. The van der Waals surface area contributed by atoms with Gasteiger partial charge in [-0.3, -0.25) is 19.8 Å². The van der Waals surface area contributed by atoms with Crippen LogP contribution in [0, 0.1) is 10.1 Å². The van der Waals surface area contributed by atoms with Crippen molar-refractivity contribution in [3.8, 4) is 17.1 Å². The number of amides is 1. The van der Waals surface area contributed by atoms with Crippen LogP contribution in [0.15, 0.2) is 89.3 Å². The summed E-state index contributed by atoms with van der Waals surface area (Å²) in [5.74, 6) is 1.27. The minimum Gasteiger partial charge on any atom is -0.497 e. The van der Waals surface area contributed by atoms with Crippen LogP contribution in [-0.4, -0.2) is 17.9 Å². The predicted molar refractivity (Wildman–Crippen MR) is 123 cm³/mol. The molecule has 8 nitrogen and oxygen atoms in total. The normalized spacial score (nSPS) is 15.0. The number of benzene rings is 3. The highest BCUT2D eigenvalue weighted by Crippen LogP contribution is 2.39. The van der Waals surface area contributed by atoms with Gasteiger partial charge < -0.3 is 14.5 Å². The third kappa shape index (κ3) is 3.57. The summed E-state index contributed by atoms with van der Waals surface area (Å²) in [4.78, 5) is 26.1. The molecule has 0 spiro atoms. The number of nitrogens with one attached hydrogen (secondary N) is 1. The van der Waals surface area contributed by atoms with Crippen LogP contribution in [0.4, 0.5) is 17.1 Å². The fraction of sp³-hybridized carbons (Fsp3) is 0.0800. The Morgan fingerprint density at radius 1 is 0.939 bits per heavy atom. The van der Waals surface area contributed by atoms with Crippen LogP contribution in [0.25, 0.3) is 11.3 Å². The molecular formula is C25H19N3O5. The van der Waals surface area contributed by atoms with Gasteiger partial charge in [0.25, 0.3) is 11.6 Å². The lowest BCUT2D eigenvalue weighted by Crippen LogP contribution is -2.43. The van der Waals surface area contributed by atoms with E-state index in [-0.39, 0.29) is 11.6 Å². The van der Waals surface area contributed by atoms with Crippen LogP contribution in [0.3, 0.4) is 0 Å². The van der Waals surface area contributed by atoms with Crippen LogP contribution in [-0.2, 0) is 0 Å². The molecule has 0 radical (unpaired) electrons. The Bertz CT molecular complexity index is 1350. The molecule has 0 saturated heterocycles. The van der Waals surface area contributed by atoms with Crippen molar-refractivity contribution in [3.05, 3.63) is 106 Å². The molecule has 4 aromatic rings. The Hall–Kier alpha value is -4.59. The predicted octanol–water partition coefficient (Wildman–Crippen LogP) is 5.63. The highest BCUT2D eigenvalue weighted by molar-refractivity contribution is 6.12. The zero-order valence-electron chi connectivity index (χ0n) is 17.6. The van der Waals surface area contributed by atoms with Crippen molar-refractivity contribution >= 4 is 23.0 Å². The molecule has 1 aliphatic rings. The first kappa shape index (κ1) is 20.3. The summed E-state index contributed by atoms with van der Waals surface area (Å²) in [7, 11) is 1.58. The maximum absolute atomic E-state index is 13.5. The number of carbonyl (C=O) groups excluding carboxylic acids is 1. The highest BCUT2D eigenvalue weighted by Gasteiger charge is 2.36. The molecule has 0 bridgehead atoms. The monoisotopic (exact) mass is 441 g/mol. The van der Waals surface area contributed by atoms with Gasteiger partial charge in [0.05, 0.1) is 23.2 Å². The second-order valence-corrected chi connectivity index (χ2v) is 7.44. The van der Waals surface area contributed by atoms with Gasteiger partial charge >= 0.3 is 0 Å². The minimum atomic E-state index is -0.655. The number of para-hydroxylation sites is 2. The smallest absolute Gasteiger partial charge is 0.280 e. The molecule has 33 heavy (non-hydrogen) atoms. The molecule has 8 heteroatoms. The van der Waals surface area contributed by atoms with Crippen LogP contribution >= 0.6 is 0 Å². The number of ether oxygens (including phenoxy) is 1. The summed E-state index contributed by atoms with van der Waals surface area (Å²) in [6.45, 7) is 0. The number of methoxy groups -OCH3 is 1. The summed E-state index contributed by atoms with van der Waals surface area (Å²) >= 11 is 0. The number of hydrogen-bond acceptors (Lipinski definition) is 6. The van der Waals surface area contributed by atoms with Gasteiger partial charge in [-0.25, -0.2) is 0 Å². The average molecular weight is 441 g/mol. The summed E-state index contributed by atoms with van der Waals surface area (Å²) in [5, 5.41) is 14.8. The third-order valence-electron chi connectivity index (χ3n) is 5.54. The Labute approximate surface area is 189 Å². The number of nitrogens with zero attached hydrogens (tertiary/aromatic N) is 2. The number of anilines is 2. The second-order valence-electron chi connectivity index (χ2n) is 7.44. The van der Waals surface area contributed by atoms with Gasteiger partial charge in [-0.05, 0) is 54.6 Å². The molecule has 1 amide bonds. The zero-order chi connectivity index (χ0) is 22.9. The number of furan rings is 1. The van der Waals surface area contributed by atoms with E-state index in [1.54, 1.807) is 72.7 Å². The fourth-order valence-corrected chi connectivity index (χ4v) is 3.95. The first-order chi connectivity index (χ1) is 16.1. The molecule has 5 rings (SSSR count). The van der Waals surface area contributed by atoms with E-state index < -0.39 is 11.1 Å². The quantitative estimate of drug-likeness (QED) is 0.318. The van der Waals surface area contributed by atoms with Crippen molar-refractivity contribution in [2.24, 2.45) is 0 Å². The Kier molecular flexibility index (Phi) is 5.02. The SMILES string of the molecule is COc1ccc(N2C(=O)c3ccccc3N[C@H]2c2ccc(-c3ccccc3[N+](=O)[O-])o2)cc1. The Balaban J connectivity index is 1.60. The van der Waals surface area contributed by atoms with Gasteiger partial charge in [0, 0.05) is 17.4 Å². The molecule has 1 aromatic heterocycles. The average Bonchev–Trinajstić information content (AvgIpc) is 3.34. The van der Waals surface area contributed by atoms with Crippen molar-refractivity contribution in [1.82, 2.24) is 0 Å². The summed E-state index contributed by atoms with van der Waals surface area (Å²) in [6, 6.07) is 24.2. The molecule has 164 valence electrons. The van der Waals surface area contributed by atoms with Crippen LogP contribution in [0.1, 0.15) is 22.3 Å². The maximum atomic E-state index is 13.5. The van der Waals surface area contributed by atoms with Gasteiger partial charge in [-0.1, -0.05) is 24.3 Å². The van der Waals surface area contributed by atoms with E-state index in [0.717, 1.165) is 0 Å². The first-order valence-electron chi connectivity index (χ1n) is 10.2. The molecule has 1 aliphatic heterocycles. The van der Waals surface area contributed by atoms with E-state index in [1.807, 2.05) is 18.2 Å². The molecular weight excluding hydrogens is 422 g/mol. The van der Waals surface area contributed by atoms with Crippen molar-refractivity contribution in [1.29, 1.82) is 0 Å². The van der Waals surface area contributed by atoms with Crippen LogP contribution in [0.5, 0.6) is 5.75 Å². The summed E-state index contributed by atoms with van der Waals surface area (Å²) in [5.41, 5.74) is 2.18. The van der Waals surface area contributed by atoms with Gasteiger partial charge in [0.15, 0.2) is 6.17 Å². The molecule has 3 aromatic carbocycles. The Morgan fingerprint density at radius 2 is 1.64 bits per heavy atom. The van der Waals surface area contributed by atoms with Crippen LogP contribution < -0.4 is 15.0 Å². The summed E-state index contributed by atoms with van der Waals surface area (Å²) in [6.07, 6.45) is -0.655. The topological polar surface area (TPSA) is 97.8 Å². The standard InChI is InChI=1S/C25H19N3O5/c1-32-17-12-10-16(11-13-17)27-24(26-20-8-4-2-6-18(20)25(27)29)23-15-14-22(33-23)19-7-3-5-9-21(19)28(30)31/h2-15,24,26H,1H3/t24-/m1/s1. The zero-order valence-corrected chi connectivity index (χ0v) is 17.6. The Morgan fingerprint density at radius 3 is 2.36 bits per heavy atom. The first-order valence-corrected chi connectivity index (χ1v) is 10.2. The number of nitro groups is 1. The van der Waals surface area contributed by atoms with E-state index in [4.69, 9.17) is 9.15 Å². The second kappa shape index (κ2) is 8.16. The lowest BCUT2D eigenvalue weighted by Gasteiger charge is -2.36. The molecule has 0 fully saturated rings. The molecule has 1 N–H and O–H groups in total. The van der Waals surface area contributed by atoms with E-state index in [1.165, 1.54) is 6.07 Å². The lowest BCUT2D eigenvalue weighted by molar-refractivity contribution is -0.384. The number of fused-ring (bicyclic) bond motifs is 1. The van der Waals surface area contributed by atoms with E-state index in [9.17, 15) is 14.9 Å². The molecule has 0 aliphatic carbocycles.